The van der Waals surface area contributed by atoms with E-state index in [0.29, 0.717) is 13.0 Å². The lowest BCUT2D eigenvalue weighted by Gasteiger charge is -2.09. The molecule has 1 atom stereocenters. The second-order valence-electron chi connectivity index (χ2n) is 4.62. The number of hydrogen-bond acceptors (Lipinski definition) is 4. The maximum atomic E-state index is 11.5. The van der Waals surface area contributed by atoms with Crippen molar-refractivity contribution in [3.8, 4) is 0 Å². The fourth-order valence-electron chi connectivity index (χ4n) is 1.87. The van der Waals surface area contributed by atoms with Gasteiger partial charge in [-0.05, 0) is 12.0 Å². The second-order valence-corrected chi connectivity index (χ2v) is 4.62. The summed E-state index contributed by atoms with van der Waals surface area (Å²) in [5.41, 5.74) is 0.969. The molecule has 0 saturated carbocycles. The normalized spacial score (nSPS) is 17.2. The number of nitrogens with zero attached hydrogens (tertiary/aromatic N) is 1. The molecule has 0 spiro atoms. The highest BCUT2D eigenvalue weighted by Crippen LogP contribution is 2.09. The summed E-state index contributed by atoms with van der Waals surface area (Å²) in [6, 6.07) is 9.58. The lowest BCUT2D eigenvalue weighted by Crippen LogP contribution is -2.27. The van der Waals surface area contributed by atoms with Crippen molar-refractivity contribution < 1.29 is 14.3 Å². The highest BCUT2D eigenvalue weighted by Gasteiger charge is 2.17. The summed E-state index contributed by atoms with van der Waals surface area (Å²) in [6.45, 7) is 3.55. The molecule has 0 aliphatic carbocycles. The molecule has 1 aliphatic heterocycles. The van der Waals surface area contributed by atoms with Gasteiger partial charge >= 0.3 is 6.09 Å². The summed E-state index contributed by atoms with van der Waals surface area (Å²) in [6.07, 6.45) is 1.35. The highest BCUT2D eigenvalue weighted by atomic mass is 16.5. The largest absolute Gasteiger partial charge is 0.476 e. The predicted octanol–water partition coefficient (Wildman–Crippen LogP) is 2.51. The molecule has 1 aliphatic rings. The molecule has 0 bridgehead atoms. The Morgan fingerprint density at radius 1 is 1.45 bits per heavy atom. The minimum Gasteiger partial charge on any atom is -0.476 e. The van der Waals surface area contributed by atoms with Crippen LogP contribution in [0.15, 0.2) is 35.3 Å². The molecule has 1 aromatic carbocycles. The Kier molecular flexibility index (Phi) is 5.41. The molecule has 0 fully saturated rings. The molecular weight excluding hydrogens is 256 g/mol. The standard InChI is InChI=1S/C15H20N2O3/c1-2-13-10-17-14(20-13)8-9-16-15(18)19-11-12-6-4-3-5-7-12/h3-7,13H,2,8-11H2,1H3,(H,16,18). The summed E-state index contributed by atoms with van der Waals surface area (Å²) >= 11 is 0. The third-order valence-corrected chi connectivity index (χ3v) is 3.05. The molecule has 20 heavy (non-hydrogen) atoms. The fourth-order valence-corrected chi connectivity index (χ4v) is 1.87. The zero-order valence-corrected chi connectivity index (χ0v) is 11.7. The zero-order valence-electron chi connectivity index (χ0n) is 11.7. The number of carbonyl (C=O) groups is 1. The number of alkyl carbamates (subject to hydrolysis) is 1. The number of benzene rings is 1. The molecule has 1 N–H and O–H groups in total. The van der Waals surface area contributed by atoms with Crippen molar-refractivity contribution in [3.63, 3.8) is 0 Å². The van der Waals surface area contributed by atoms with Crippen molar-refractivity contribution in [1.82, 2.24) is 5.32 Å². The Morgan fingerprint density at radius 3 is 2.95 bits per heavy atom. The van der Waals surface area contributed by atoms with Gasteiger partial charge in [-0.25, -0.2) is 4.79 Å². The van der Waals surface area contributed by atoms with Gasteiger partial charge in [0.15, 0.2) is 5.90 Å². The number of ether oxygens (including phenoxy) is 2. The van der Waals surface area contributed by atoms with E-state index in [1.165, 1.54) is 0 Å². The molecule has 1 amide bonds. The minimum atomic E-state index is -0.417. The van der Waals surface area contributed by atoms with Gasteiger partial charge in [0.1, 0.15) is 12.7 Å². The summed E-state index contributed by atoms with van der Waals surface area (Å²) in [5.74, 6) is 0.722. The van der Waals surface area contributed by atoms with E-state index >= 15 is 0 Å². The van der Waals surface area contributed by atoms with Gasteiger partial charge < -0.3 is 14.8 Å². The maximum Gasteiger partial charge on any atom is 0.407 e. The van der Waals surface area contributed by atoms with E-state index in [1.807, 2.05) is 30.3 Å². The van der Waals surface area contributed by atoms with E-state index < -0.39 is 6.09 Å². The number of aliphatic imine (C=N–C) groups is 1. The van der Waals surface area contributed by atoms with Gasteiger partial charge in [-0.1, -0.05) is 37.3 Å². The number of carbonyl (C=O) groups excluding carboxylic acids is 1. The zero-order chi connectivity index (χ0) is 14.2. The van der Waals surface area contributed by atoms with Gasteiger partial charge in [0.25, 0.3) is 0 Å². The lowest BCUT2D eigenvalue weighted by atomic mass is 10.2. The lowest BCUT2D eigenvalue weighted by molar-refractivity contribution is 0.139. The molecule has 0 saturated heterocycles. The van der Waals surface area contributed by atoms with Crippen LogP contribution in [0.2, 0.25) is 0 Å². The summed E-state index contributed by atoms with van der Waals surface area (Å²) in [4.78, 5) is 15.8. The fraction of sp³-hybridized carbons (Fsp3) is 0.467. The monoisotopic (exact) mass is 276 g/mol. The van der Waals surface area contributed by atoms with E-state index in [9.17, 15) is 4.79 Å². The van der Waals surface area contributed by atoms with E-state index in [2.05, 4.69) is 17.2 Å². The molecule has 0 radical (unpaired) electrons. The minimum absolute atomic E-state index is 0.204. The van der Waals surface area contributed by atoms with E-state index in [0.717, 1.165) is 24.4 Å². The van der Waals surface area contributed by atoms with E-state index in [4.69, 9.17) is 9.47 Å². The molecule has 2 rings (SSSR count). The van der Waals surface area contributed by atoms with Crippen molar-refractivity contribution >= 4 is 12.0 Å². The Hall–Kier alpha value is -2.04. The first kappa shape index (κ1) is 14.4. The van der Waals surface area contributed by atoms with Crippen LogP contribution in [-0.4, -0.2) is 31.2 Å². The molecule has 1 heterocycles. The van der Waals surface area contributed by atoms with Gasteiger partial charge in [0, 0.05) is 13.0 Å². The third kappa shape index (κ3) is 4.57. The van der Waals surface area contributed by atoms with Crippen LogP contribution in [0.4, 0.5) is 4.79 Å². The number of amides is 1. The Labute approximate surface area is 119 Å². The van der Waals surface area contributed by atoms with Gasteiger partial charge in [-0.2, -0.15) is 0 Å². The van der Waals surface area contributed by atoms with E-state index in [-0.39, 0.29) is 12.7 Å². The second kappa shape index (κ2) is 7.53. The molecular formula is C15H20N2O3. The van der Waals surface area contributed by atoms with Crippen LogP contribution >= 0.6 is 0 Å². The van der Waals surface area contributed by atoms with Gasteiger partial charge in [-0.15, -0.1) is 0 Å². The van der Waals surface area contributed by atoms with Crippen molar-refractivity contribution in [1.29, 1.82) is 0 Å². The SMILES string of the molecule is CCC1CN=C(CCNC(=O)OCc2ccccc2)O1. The van der Waals surface area contributed by atoms with Crippen molar-refractivity contribution in [3.05, 3.63) is 35.9 Å². The first-order chi connectivity index (χ1) is 9.78. The molecule has 0 aromatic heterocycles. The Morgan fingerprint density at radius 2 is 2.25 bits per heavy atom. The van der Waals surface area contributed by atoms with Crippen molar-refractivity contribution in [2.45, 2.75) is 32.5 Å². The average molecular weight is 276 g/mol. The summed E-state index contributed by atoms with van der Waals surface area (Å²) in [5, 5.41) is 2.69. The smallest absolute Gasteiger partial charge is 0.407 e. The van der Waals surface area contributed by atoms with Crippen LogP contribution in [0.3, 0.4) is 0 Å². The van der Waals surface area contributed by atoms with Crippen LogP contribution in [-0.2, 0) is 16.1 Å². The Balaban J connectivity index is 1.59. The van der Waals surface area contributed by atoms with Crippen LogP contribution < -0.4 is 5.32 Å². The number of nitrogens with one attached hydrogen (secondary N) is 1. The third-order valence-electron chi connectivity index (χ3n) is 3.05. The molecule has 1 aromatic rings. The van der Waals surface area contributed by atoms with Gasteiger partial charge in [0.2, 0.25) is 0 Å². The molecule has 5 heteroatoms. The Bertz CT molecular complexity index is 459. The van der Waals surface area contributed by atoms with Gasteiger partial charge in [-0.3, -0.25) is 4.99 Å². The number of rotatable bonds is 6. The first-order valence-corrected chi connectivity index (χ1v) is 6.92. The number of hydrogen-bond donors (Lipinski definition) is 1. The maximum absolute atomic E-state index is 11.5. The molecule has 1 unspecified atom stereocenters. The topological polar surface area (TPSA) is 59.9 Å². The van der Waals surface area contributed by atoms with Crippen LogP contribution in [0.25, 0.3) is 0 Å². The predicted molar refractivity (Wildman–Crippen MR) is 76.7 cm³/mol. The van der Waals surface area contributed by atoms with Crippen molar-refractivity contribution in [2.75, 3.05) is 13.1 Å². The first-order valence-electron chi connectivity index (χ1n) is 6.92. The van der Waals surface area contributed by atoms with E-state index in [1.54, 1.807) is 0 Å². The molecule has 108 valence electrons. The van der Waals surface area contributed by atoms with Crippen LogP contribution in [0.5, 0.6) is 0 Å². The summed E-state index contributed by atoms with van der Waals surface area (Å²) in [7, 11) is 0. The average Bonchev–Trinajstić information content (AvgIpc) is 2.94. The van der Waals surface area contributed by atoms with Crippen LogP contribution in [0, 0.1) is 0 Å². The van der Waals surface area contributed by atoms with Gasteiger partial charge in [0.05, 0.1) is 6.54 Å². The van der Waals surface area contributed by atoms with Crippen LogP contribution in [0.1, 0.15) is 25.3 Å². The highest BCUT2D eigenvalue weighted by molar-refractivity contribution is 5.78. The quantitative estimate of drug-likeness (QED) is 0.868. The summed E-state index contributed by atoms with van der Waals surface area (Å²) < 4.78 is 10.7. The molecule has 5 nitrogen and oxygen atoms in total. The van der Waals surface area contributed by atoms with Crippen molar-refractivity contribution in [2.24, 2.45) is 4.99 Å².